The molecule has 1 heterocycles. The first-order valence-corrected chi connectivity index (χ1v) is 8.27. The summed E-state index contributed by atoms with van der Waals surface area (Å²) in [7, 11) is 2.85. The molecule has 27 heavy (non-hydrogen) atoms. The highest BCUT2D eigenvalue weighted by Crippen LogP contribution is 2.34. The van der Waals surface area contributed by atoms with E-state index in [9.17, 15) is 8.78 Å². The number of ether oxygens (including phenoxy) is 2. The smallest absolute Gasteiger partial charge is 0.201 e. The van der Waals surface area contributed by atoms with Crippen LogP contribution in [0.25, 0.3) is 27.7 Å². The summed E-state index contributed by atoms with van der Waals surface area (Å²) in [6.45, 7) is 0. The number of nitrogens with zero attached hydrogens (tertiary/aromatic N) is 2. The standard InChI is InChI=1S/C21H16F2N2O2/c1-26-18-10-14(13-6-4-3-5-7-13)8-9-16(18)25-17-11-19(27-2)21(23)20(22)15(17)12-24-25/h3-12H,1-2H3. The number of aromatic nitrogens is 2. The molecule has 136 valence electrons. The first kappa shape index (κ1) is 17.0. The normalized spacial score (nSPS) is 11.0. The Morgan fingerprint density at radius 3 is 2.26 bits per heavy atom. The fourth-order valence-electron chi connectivity index (χ4n) is 3.08. The van der Waals surface area contributed by atoms with Crippen LogP contribution < -0.4 is 9.47 Å². The van der Waals surface area contributed by atoms with Crippen molar-refractivity contribution in [1.29, 1.82) is 0 Å². The highest BCUT2D eigenvalue weighted by atomic mass is 19.2. The van der Waals surface area contributed by atoms with Crippen LogP contribution in [0.15, 0.2) is 60.8 Å². The van der Waals surface area contributed by atoms with Gasteiger partial charge in [-0.1, -0.05) is 36.4 Å². The summed E-state index contributed by atoms with van der Waals surface area (Å²) in [6, 6.07) is 16.9. The number of halogens is 2. The average Bonchev–Trinajstić information content (AvgIpc) is 3.14. The minimum absolute atomic E-state index is 0.0717. The molecule has 0 radical (unpaired) electrons. The zero-order chi connectivity index (χ0) is 19.0. The summed E-state index contributed by atoms with van der Waals surface area (Å²) in [6.07, 6.45) is 1.29. The Morgan fingerprint density at radius 1 is 0.815 bits per heavy atom. The number of hydrogen-bond acceptors (Lipinski definition) is 3. The molecule has 3 aromatic carbocycles. The lowest BCUT2D eigenvalue weighted by Gasteiger charge is -2.12. The van der Waals surface area contributed by atoms with E-state index in [1.54, 1.807) is 7.11 Å². The van der Waals surface area contributed by atoms with Crippen molar-refractivity contribution < 1.29 is 18.3 Å². The van der Waals surface area contributed by atoms with Crippen molar-refractivity contribution in [3.05, 3.63) is 72.4 Å². The SMILES string of the molecule is COc1cc(-c2ccccc2)ccc1-n1ncc2c(F)c(F)c(OC)cc21. The maximum Gasteiger partial charge on any atom is 0.201 e. The number of methoxy groups -OCH3 is 2. The first-order chi connectivity index (χ1) is 13.1. The molecule has 0 aliphatic heterocycles. The van der Waals surface area contributed by atoms with Crippen LogP contribution in [-0.2, 0) is 0 Å². The Kier molecular flexibility index (Phi) is 4.24. The largest absolute Gasteiger partial charge is 0.494 e. The molecular formula is C21H16F2N2O2. The van der Waals surface area contributed by atoms with Gasteiger partial charge in [0.15, 0.2) is 11.6 Å². The van der Waals surface area contributed by atoms with Gasteiger partial charge in [0.2, 0.25) is 5.82 Å². The lowest BCUT2D eigenvalue weighted by atomic mass is 10.0. The third-order valence-corrected chi connectivity index (χ3v) is 4.45. The Bertz CT molecular complexity index is 1120. The van der Waals surface area contributed by atoms with E-state index in [4.69, 9.17) is 9.47 Å². The fourth-order valence-corrected chi connectivity index (χ4v) is 3.08. The fraction of sp³-hybridized carbons (Fsp3) is 0.0952. The number of fused-ring (bicyclic) bond motifs is 1. The summed E-state index contributed by atoms with van der Waals surface area (Å²) in [5.74, 6) is -1.64. The molecule has 6 heteroatoms. The van der Waals surface area contributed by atoms with Crippen molar-refractivity contribution in [2.24, 2.45) is 0 Å². The van der Waals surface area contributed by atoms with Gasteiger partial charge in [-0.3, -0.25) is 0 Å². The Morgan fingerprint density at radius 2 is 1.56 bits per heavy atom. The van der Waals surface area contributed by atoms with E-state index >= 15 is 0 Å². The molecule has 0 N–H and O–H groups in total. The summed E-state index contributed by atoms with van der Waals surface area (Å²) in [5, 5.41) is 4.30. The zero-order valence-corrected chi connectivity index (χ0v) is 14.7. The molecule has 0 spiro atoms. The summed E-state index contributed by atoms with van der Waals surface area (Å²) in [5.41, 5.74) is 3.02. The molecule has 1 aromatic heterocycles. The first-order valence-electron chi connectivity index (χ1n) is 8.27. The molecule has 4 rings (SSSR count). The second kappa shape index (κ2) is 6.72. The molecular weight excluding hydrogens is 350 g/mol. The molecule has 0 amide bonds. The van der Waals surface area contributed by atoms with Crippen molar-refractivity contribution in [1.82, 2.24) is 9.78 Å². The van der Waals surface area contributed by atoms with Gasteiger partial charge < -0.3 is 9.47 Å². The zero-order valence-electron chi connectivity index (χ0n) is 14.7. The van der Waals surface area contributed by atoms with Crippen molar-refractivity contribution in [2.45, 2.75) is 0 Å². The van der Waals surface area contributed by atoms with Crippen molar-refractivity contribution in [2.75, 3.05) is 14.2 Å². The van der Waals surface area contributed by atoms with E-state index < -0.39 is 11.6 Å². The molecule has 4 aromatic rings. The monoisotopic (exact) mass is 366 g/mol. The summed E-state index contributed by atoms with van der Waals surface area (Å²) < 4.78 is 40.3. The molecule has 0 fully saturated rings. The summed E-state index contributed by atoms with van der Waals surface area (Å²) in [4.78, 5) is 0. The third kappa shape index (κ3) is 2.79. The van der Waals surface area contributed by atoms with Gasteiger partial charge in [-0.15, -0.1) is 0 Å². The maximum absolute atomic E-state index is 14.3. The van der Waals surface area contributed by atoms with Gasteiger partial charge in [0.25, 0.3) is 0 Å². The highest BCUT2D eigenvalue weighted by molar-refractivity contribution is 5.83. The Hall–Kier alpha value is -3.41. The van der Waals surface area contributed by atoms with Gasteiger partial charge in [0, 0.05) is 6.07 Å². The summed E-state index contributed by atoms with van der Waals surface area (Å²) >= 11 is 0. The van der Waals surface area contributed by atoms with Gasteiger partial charge in [-0.2, -0.15) is 9.49 Å². The average molecular weight is 366 g/mol. The van der Waals surface area contributed by atoms with Crippen LogP contribution in [0.4, 0.5) is 8.78 Å². The van der Waals surface area contributed by atoms with Crippen LogP contribution in [0.3, 0.4) is 0 Å². The Balaban J connectivity index is 1.90. The van der Waals surface area contributed by atoms with Gasteiger partial charge in [-0.25, -0.2) is 9.07 Å². The second-order valence-electron chi connectivity index (χ2n) is 5.95. The molecule has 4 nitrogen and oxygen atoms in total. The second-order valence-corrected chi connectivity index (χ2v) is 5.95. The van der Waals surface area contributed by atoms with E-state index in [2.05, 4.69) is 5.10 Å². The van der Waals surface area contributed by atoms with Gasteiger partial charge >= 0.3 is 0 Å². The molecule has 0 saturated carbocycles. The number of hydrogen-bond donors (Lipinski definition) is 0. The van der Waals surface area contributed by atoms with Crippen molar-refractivity contribution in [3.63, 3.8) is 0 Å². The lowest BCUT2D eigenvalue weighted by molar-refractivity contribution is 0.374. The quantitative estimate of drug-likeness (QED) is 0.511. The van der Waals surface area contributed by atoms with Crippen LogP contribution in [0.2, 0.25) is 0 Å². The highest BCUT2D eigenvalue weighted by Gasteiger charge is 2.19. The van der Waals surface area contributed by atoms with Crippen LogP contribution in [-0.4, -0.2) is 24.0 Å². The molecule has 0 atom stereocenters. The van der Waals surface area contributed by atoms with Crippen LogP contribution in [0.1, 0.15) is 0 Å². The minimum Gasteiger partial charge on any atom is -0.494 e. The maximum atomic E-state index is 14.3. The predicted octanol–water partition coefficient (Wildman–Crippen LogP) is 4.99. The third-order valence-electron chi connectivity index (χ3n) is 4.45. The van der Waals surface area contributed by atoms with Crippen molar-refractivity contribution in [3.8, 4) is 28.3 Å². The van der Waals surface area contributed by atoms with Crippen LogP contribution in [0.5, 0.6) is 11.5 Å². The predicted molar refractivity (Wildman–Crippen MR) is 99.5 cm³/mol. The van der Waals surface area contributed by atoms with Crippen LogP contribution >= 0.6 is 0 Å². The molecule has 0 aliphatic carbocycles. The van der Waals surface area contributed by atoms with E-state index in [0.29, 0.717) is 17.0 Å². The van der Waals surface area contributed by atoms with E-state index in [1.165, 1.54) is 24.1 Å². The van der Waals surface area contributed by atoms with Crippen molar-refractivity contribution >= 4 is 10.9 Å². The molecule has 0 saturated heterocycles. The van der Waals surface area contributed by atoms with Gasteiger partial charge in [-0.05, 0) is 23.3 Å². The van der Waals surface area contributed by atoms with E-state index in [0.717, 1.165) is 11.1 Å². The number of rotatable bonds is 4. The molecule has 0 unspecified atom stereocenters. The number of benzene rings is 3. The Labute approximate surface area is 154 Å². The van der Waals surface area contributed by atoms with E-state index in [1.807, 2.05) is 48.5 Å². The van der Waals surface area contributed by atoms with Crippen LogP contribution in [0, 0.1) is 11.6 Å². The topological polar surface area (TPSA) is 36.3 Å². The lowest BCUT2D eigenvalue weighted by Crippen LogP contribution is -2.01. The van der Waals surface area contributed by atoms with Gasteiger partial charge in [0.05, 0.1) is 31.3 Å². The molecule has 0 aliphatic rings. The van der Waals surface area contributed by atoms with Gasteiger partial charge in [0.1, 0.15) is 11.4 Å². The minimum atomic E-state index is -1.03. The molecule has 0 bridgehead atoms. The van der Waals surface area contributed by atoms with E-state index in [-0.39, 0.29) is 11.1 Å².